The lowest BCUT2D eigenvalue weighted by Crippen LogP contribution is -2.16. The first-order valence-corrected chi connectivity index (χ1v) is 10.6. The fourth-order valence-electron chi connectivity index (χ4n) is 2.93. The molecule has 0 rings (SSSR count). The quantitative estimate of drug-likeness (QED) is 0.175. The van der Waals surface area contributed by atoms with Gasteiger partial charge in [0.1, 0.15) is 0 Å². The molecule has 144 valence electrons. The highest BCUT2D eigenvalue weighted by Crippen LogP contribution is 2.13. The first kappa shape index (κ1) is 23.4. The van der Waals surface area contributed by atoms with E-state index in [1.807, 2.05) is 0 Å². The molecule has 0 aliphatic carbocycles. The van der Waals surface area contributed by atoms with Crippen molar-refractivity contribution in [2.24, 2.45) is 0 Å². The highest BCUT2D eigenvalue weighted by molar-refractivity contribution is 5.69. The van der Waals surface area contributed by atoms with Crippen molar-refractivity contribution in [3.8, 4) is 0 Å². The van der Waals surface area contributed by atoms with Gasteiger partial charge in [0.15, 0.2) is 6.29 Å². The van der Waals surface area contributed by atoms with Crippen molar-refractivity contribution >= 4 is 5.97 Å². The monoisotopic (exact) mass is 342 g/mol. The summed E-state index contributed by atoms with van der Waals surface area (Å²) < 4.78 is 4.84. The Balaban J connectivity index is 3.11. The molecule has 0 heterocycles. The molecule has 3 nitrogen and oxygen atoms in total. The molecule has 0 fully saturated rings. The van der Waals surface area contributed by atoms with Gasteiger partial charge >= 0.3 is 5.97 Å². The second kappa shape index (κ2) is 18.8. The molecule has 0 aromatic carbocycles. The molecule has 0 bridgehead atoms. The molecule has 0 saturated carbocycles. The number of hydrogen-bond donors (Lipinski definition) is 1. The van der Waals surface area contributed by atoms with E-state index >= 15 is 0 Å². The number of aliphatic hydroxyl groups excluding tert-OH is 1. The molecular formula is C21H42O3. The number of aliphatic hydroxyl groups is 1. The van der Waals surface area contributed by atoms with Crippen molar-refractivity contribution in [1.82, 2.24) is 0 Å². The van der Waals surface area contributed by atoms with Gasteiger partial charge in [-0.3, -0.25) is 4.79 Å². The van der Waals surface area contributed by atoms with Crippen molar-refractivity contribution in [1.29, 1.82) is 0 Å². The lowest BCUT2D eigenvalue weighted by molar-refractivity contribution is -0.168. The molecule has 0 aromatic heterocycles. The van der Waals surface area contributed by atoms with Crippen LogP contribution in [0.25, 0.3) is 0 Å². The summed E-state index contributed by atoms with van der Waals surface area (Å²) in [5, 5.41) is 9.21. The predicted molar refractivity (Wildman–Crippen MR) is 102 cm³/mol. The predicted octanol–water partition coefficient (Wildman–Crippen LogP) is 6.52. The van der Waals surface area contributed by atoms with Crippen LogP contribution in [0.15, 0.2) is 0 Å². The minimum atomic E-state index is -0.922. The molecule has 0 aliphatic heterocycles. The summed E-state index contributed by atoms with van der Waals surface area (Å²) in [6.07, 6.45) is 19.8. The van der Waals surface area contributed by atoms with E-state index in [1.165, 1.54) is 83.5 Å². The minimum Gasteiger partial charge on any atom is -0.436 e. The third kappa shape index (κ3) is 17.8. The summed E-state index contributed by atoms with van der Waals surface area (Å²) in [6, 6.07) is 0. The van der Waals surface area contributed by atoms with Crippen molar-refractivity contribution in [2.75, 3.05) is 0 Å². The summed E-state index contributed by atoms with van der Waals surface area (Å²) in [5.74, 6) is -0.265. The number of rotatable bonds is 18. The fraction of sp³-hybridized carbons (Fsp3) is 0.952. The number of ether oxygens (including phenoxy) is 1. The maximum atomic E-state index is 11.4. The van der Waals surface area contributed by atoms with Gasteiger partial charge in [-0.15, -0.1) is 0 Å². The molecule has 1 unspecified atom stereocenters. The molecule has 0 aliphatic rings. The second-order valence-electron chi connectivity index (χ2n) is 7.05. The Bertz CT molecular complexity index is 266. The van der Waals surface area contributed by atoms with Crippen LogP contribution in [0.2, 0.25) is 0 Å². The Morgan fingerprint density at radius 3 is 1.46 bits per heavy atom. The zero-order valence-corrected chi connectivity index (χ0v) is 16.4. The zero-order valence-electron chi connectivity index (χ0n) is 16.4. The lowest BCUT2D eigenvalue weighted by atomic mass is 10.0. The Hall–Kier alpha value is -0.570. The normalized spacial score (nSPS) is 12.3. The van der Waals surface area contributed by atoms with Gasteiger partial charge in [-0.2, -0.15) is 0 Å². The average molecular weight is 343 g/mol. The standard InChI is InChI=1S/C21H42O3/c1-3-5-6-7-8-9-10-11-12-13-14-15-16-17-18-19-21(23)24-20(22)4-2/h20,22H,3-19H2,1-2H3. The molecular weight excluding hydrogens is 300 g/mol. The first-order valence-electron chi connectivity index (χ1n) is 10.6. The van der Waals surface area contributed by atoms with Gasteiger partial charge in [0.05, 0.1) is 0 Å². The zero-order chi connectivity index (χ0) is 17.9. The number of esters is 1. The molecule has 3 heteroatoms. The molecule has 0 amide bonds. The smallest absolute Gasteiger partial charge is 0.308 e. The van der Waals surface area contributed by atoms with Crippen molar-refractivity contribution in [3.63, 3.8) is 0 Å². The number of unbranched alkanes of at least 4 members (excludes halogenated alkanes) is 14. The Morgan fingerprint density at radius 1 is 0.708 bits per heavy atom. The van der Waals surface area contributed by atoms with E-state index in [2.05, 4.69) is 6.92 Å². The summed E-state index contributed by atoms with van der Waals surface area (Å²) in [7, 11) is 0. The van der Waals surface area contributed by atoms with Crippen molar-refractivity contribution in [3.05, 3.63) is 0 Å². The Kier molecular flexibility index (Phi) is 18.3. The van der Waals surface area contributed by atoms with Crippen molar-refractivity contribution < 1.29 is 14.6 Å². The molecule has 1 N–H and O–H groups in total. The summed E-state index contributed by atoms with van der Waals surface area (Å²) in [6.45, 7) is 4.07. The molecule has 0 radical (unpaired) electrons. The van der Waals surface area contributed by atoms with Crippen LogP contribution in [-0.4, -0.2) is 17.4 Å². The van der Waals surface area contributed by atoms with Crippen LogP contribution in [0.3, 0.4) is 0 Å². The molecule has 0 saturated heterocycles. The van der Waals surface area contributed by atoms with Gasteiger partial charge in [-0.1, -0.05) is 104 Å². The number of hydrogen-bond acceptors (Lipinski definition) is 3. The maximum Gasteiger partial charge on any atom is 0.308 e. The van der Waals surface area contributed by atoms with Gasteiger partial charge in [0.2, 0.25) is 0 Å². The van der Waals surface area contributed by atoms with Crippen LogP contribution < -0.4 is 0 Å². The van der Waals surface area contributed by atoms with Gasteiger partial charge in [0, 0.05) is 12.8 Å². The fourth-order valence-corrected chi connectivity index (χ4v) is 2.93. The second-order valence-corrected chi connectivity index (χ2v) is 7.05. The number of carbonyl (C=O) groups is 1. The highest BCUT2D eigenvalue weighted by Gasteiger charge is 2.07. The molecule has 24 heavy (non-hydrogen) atoms. The largest absolute Gasteiger partial charge is 0.436 e. The number of carbonyl (C=O) groups excluding carboxylic acids is 1. The van der Waals surface area contributed by atoms with E-state index in [9.17, 15) is 9.90 Å². The average Bonchev–Trinajstić information content (AvgIpc) is 2.58. The van der Waals surface area contributed by atoms with E-state index in [4.69, 9.17) is 4.74 Å². The third-order valence-electron chi connectivity index (χ3n) is 4.60. The molecule has 0 aromatic rings. The summed E-state index contributed by atoms with van der Waals surface area (Å²) in [5.41, 5.74) is 0. The van der Waals surface area contributed by atoms with Crippen LogP contribution in [0, 0.1) is 0 Å². The van der Waals surface area contributed by atoms with E-state index in [0.717, 1.165) is 12.8 Å². The van der Waals surface area contributed by atoms with E-state index in [-0.39, 0.29) is 5.97 Å². The van der Waals surface area contributed by atoms with Crippen molar-refractivity contribution in [2.45, 2.75) is 129 Å². The minimum absolute atomic E-state index is 0.265. The van der Waals surface area contributed by atoms with E-state index in [1.54, 1.807) is 6.92 Å². The Labute approximate surface area is 150 Å². The van der Waals surface area contributed by atoms with Crippen LogP contribution in [-0.2, 0) is 9.53 Å². The van der Waals surface area contributed by atoms with Gasteiger partial charge in [-0.05, 0) is 6.42 Å². The molecule has 1 atom stereocenters. The third-order valence-corrected chi connectivity index (χ3v) is 4.60. The van der Waals surface area contributed by atoms with Gasteiger partial charge < -0.3 is 9.84 Å². The highest BCUT2D eigenvalue weighted by atomic mass is 16.6. The SMILES string of the molecule is CCCCCCCCCCCCCCCCCC(=O)OC(O)CC. The topological polar surface area (TPSA) is 46.5 Å². The van der Waals surface area contributed by atoms with Crippen LogP contribution in [0.1, 0.15) is 123 Å². The van der Waals surface area contributed by atoms with E-state index < -0.39 is 6.29 Å². The molecule has 0 spiro atoms. The van der Waals surface area contributed by atoms with Crippen LogP contribution in [0.4, 0.5) is 0 Å². The van der Waals surface area contributed by atoms with Crippen LogP contribution in [0.5, 0.6) is 0 Å². The van der Waals surface area contributed by atoms with E-state index in [0.29, 0.717) is 12.8 Å². The maximum absolute atomic E-state index is 11.4. The van der Waals surface area contributed by atoms with Crippen LogP contribution >= 0.6 is 0 Å². The van der Waals surface area contributed by atoms with Gasteiger partial charge in [-0.25, -0.2) is 0 Å². The Morgan fingerprint density at radius 2 is 1.08 bits per heavy atom. The first-order chi connectivity index (χ1) is 11.7. The summed E-state index contributed by atoms with van der Waals surface area (Å²) in [4.78, 5) is 11.4. The lowest BCUT2D eigenvalue weighted by Gasteiger charge is -2.09. The van der Waals surface area contributed by atoms with Gasteiger partial charge in [0.25, 0.3) is 0 Å². The summed E-state index contributed by atoms with van der Waals surface area (Å²) >= 11 is 0.